The van der Waals surface area contributed by atoms with E-state index < -0.39 is 24.6 Å². The molecule has 0 amide bonds. The Morgan fingerprint density at radius 3 is 2.15 bits per heavy atom. The lowest BCUT2D eigenvalue weighted by Crippen LogP contribution is -2.52. The Hall–Kier alpha value is -2.02. The fourth-order valence-corrected chi connectivity index (χ4v) is 3.01. The molecule has 4 atom stereocenters. The lowest BCUT2D eigenvalue weighted by atomic mass is 9.97. The summed E-state index contributed by atoms with van der Waals surface area (Å²) in [6.07, 6.45) is -2.68. The maximum Gasteiger partial charge on any atom is 0.187 e. The van der Waals surface area contributed by atoms with E-state index >= 15 is 0 Å². The Balaban J connectivity index is 1.55. The van der Waals surface area contributed by atoms with Crippen LogP contribution in [0.15, 0.2) is 72.8 Å². The van der Waals surface area contributed by atoms with Crippen molar-refractivity contribution in [1.29, 1.82) is 0 Å². The zero-order valence-electron chi connectivity index (χ0n) is 15.5. The van der Waals surface area contributed by atoms with Crippen LogP contribution >= 0.6 is 0 Å². The van der Waals surface area contributed by atoms with Crippen LogP contribution in [0.25, 0.3) is 0 Å². The fraction of sp³-hybridized carbons (Fsp3) is 0.364. The van der Waals surface area contributed by atoms with Crippen molar-refractivity contribution in [3.8, 4) is 0 Å². The van der Waals surface area contributed by atoms with E-state index in [1.165, 1.54) is 7.11 Å². The summed E-state index contributed by atoms with van der Waals surface area (Å²) in [7, 11) is 1.53. The molecule has 1 N–H and O–H groups in total. The van der Waals surface area contributed by atoms with Crippen LogP contribution in [0.2, 0.25) is 0 Å². The van der Waals surface area contributed by atoms with Gasteiger partial charge in [0.25, 0.3) is 0 Å². The highest BCUT2D eigenvalue weighted by molar-refractivity contribution is 5.17. The van der Waals surface area contributed by atoms with Crippen LogP contribution in [0.1, 0.15) is 11.1 Å². The first-order valence-electron chi connectivity index (χ1n) is 9.01. The molecular weight excluding hydrogens is 344 g/mol. The summed E-state index contributed by atoms with van der Waals surface area (Å²) < 4.78 is 22.9. The van der Waals surface area contributed by atoms with Crippen LogP contribution in [-0.4, -0.2) is 43.4 Å². The molecule has 0 spiro atoms. The number of aliphatic hydroxyl groups excluding tert-OH is 1. The minimum atomic E-state index is -0.891. The minimum Gasteiger partial charge on any atom is -0.386 e. The predicted octanol–water partition coefficient (Wildman–Crippen LogP) is 3.08. The molecule has 0 unspecified atom stereocenters. The molecule has 1 fully saturated rings. The van der Waals surface area contributed by atoms with E-state index in [0.717, 1.165) is 11.1 Å². The SMILES string of the molecule is C=C1[C@@H](COCc2ccccc2)O[C@@H](OC)[C@H](OCc2ccccc2)[C@H]1O. The zero-order chi connectivity index (χ0) is 19.1. The summed E-state index contributed by atoms with van der Waals surface area (Å²) >= 11 is 0. The van der Waals surface area contributed by atoms with E-state index in [1.54, 1.807) is 0 Å². The predicted molar refractivity (Wildman–Crippen MR) is 102 cm³/mol. The molecule has 5 nitrogen and oxygen atoms in total. The first kappa shape index (κ1) is 19.7. The number of ether oxygens (including phenoxy) is 4. The molecule has 1 aliphatic heterocycles. The Morgan fingerprint density at radius 1 is 0.963 bits per heavy atom. The average Bonchev–Trinajstić information content (AvgIpc) is 2.72. The third-order valence-corrected chi connectivity index (χ3v) is 4.57. The van der Waals surface area contributed by atoms with Gasteiger partial charge >= 0.3 is 0 Å². The van der Waals surface area contributed by atoms with Gasteiger partial charge in [-0.15, -0.1) is 0 Å². The molecule has 2 aromatic rings. The molecule has 1 aliphatic rings. The second kappa shape index (κ2) is 9.78. The molecule has 0 saturated carbocycles. The third-order valence-electron chi connectivity index (χ3n) is 4.57. The number of benzene rings is 2. The Morgan fingerprint density at radius 2 is 1.56 bits per heavy atom. The van der Waals surface area contributed by atoms with Crippen LogP contribution in [-0.2, 0) is 32.2 Å². The zero-order valence-corrected chi connectivity index (χ0v) is 15.5. The van der Waals surface area contributed by atoms with Gasteiger partial charge in [0.05, 0.1) is 19.8 Å². The maximum atomic E-state index is 10.7. The third kappa shape index (κ3) is 5.25. The molecule has 2 aromatic carbocycles. The van der Waals surface area contributed by atoms with Crippen molar-refractivity contribution >= 4 is 0 Å². The molecule has 27 heavy (non-hydrogen) atoms. The summed E-state index contributed by atoms with van der Waals surface area (Å²) in [5.41, 5.74) is 2.62. The van der Waals surface area contributed by atoms with Gasteiger partial charge in [0.2, 0.25) is 0 Å². The number of rotatable bonds is 8. The largest absolute Gasteiger partial charge is 0.386 e. The van der Waals surface area contributed by atoms with Crippen LogP contribution in [0.5, 0.6) is 0 Å². The fourth-order valence-electron chi connectivity index (χ4n) is 3.01. The van der Waals surface area contributed by atoms with Gasteiger partial charge in [-0.2, -0.15) is 0 Å². The van der Waals surface area contributed by atoms with Gasteiger partial charge in [-0.1, -0.05) is 67.2 Å². The van der Waals surface area contributed by atoms with Gasteiger partial charge in [-0.05, 0) is 16.7 Å². The van der Waals surface area contributed by atoms with Crippen molar-refractivity contribution in [1.82, 2.24) is 0 Å². The highest BCUT2D eigenvalue weighted by atomic mass is 16.7. The number of hydrogen-bond donors (Lipinski definition) is 1. The average molecular weight is 370 g/mol. The molecule has 1 saturated heterocycles. The molecule has 3 rings (SSSR count). The summed E-state index contributed by atoms with van der Waals surface area (Å²) in [4.78, 5) is 0. The minimum absolute atomic E-state index is 0.288. The number of methoxy groups -OCH3 is 1. The van der Waals surface area contributed by atoms with E-state index in [1.807, 2.05) is 60.7 Å². The van der Waals surface area contributed by atoms with Crippen molar-refractivity contribution in [3.05, 3.63) is 83.9 Å². The topological polar surface area (TPSA) is 57.2 Å². The van der Waals surface area contributed by atoms with Crippen LogP contribution in [0.3, 0.4) is 0 Å². The smallest absolute Gasteiger partial charge is 0.187 e. The molecular formula is C22H26O5. The molecule has 5 heteroatoms. The van der Waals surface area contributed by atoms with E-state index in [9.17, 15) is 5.11 Å². The normalized spacial score (nSPS) is 25.5. The second-order valence-corrected chi connectivity index (χ2v) is 6.51. The summed E-state index contributed by atoms with van der Waals surface area (Å²) in [6, 6.07) is 19.7. The number of aliphatic hydroxyl groups is 1. The van der Waals surface area contributed by atoms with Crippen molar-refractivity contribution in [2.24, 2.45) is 0 Å². The van der Waals surface area contributed by atoms with Crippen molar-refractivity contribution in [2.75, 3.05) is 13.7 Å². The van der Waals surface area contributed by atoms with E-state index in [0.29, 0.717) is 18.8 Å². The van der Waals surface area contributed by atoms with E-state index in [2.05, 4.69) is 6.58 Å². The van der Waals surface area contributed by atoms with Gasteiger partial charge in [0, 0.05) is 7.11 Å². The van der Waals surface area contributed by atoms with E-state index in [-0.39, 0.29) is 6.61 Å². The monoisotopic (exact) mass is 370 g/mol. The van der Waals surface area contributed by atoms with Crippen LogP contribution in [0, 0.1) is 0 Å². The highest BCUT2D eigenvalue weighted by Crippen LogP contribution is 2.28. The van der Waals surface area contributed by atoms with Gasteiger partial charge in [0.15, 0.2) is 6.29 Å². The van der Waals surface area contributed by atoms with Crippen molar-refractivity contribution in [3.63, 3.8) is 0 Å². The lowest BCUT2D eigenvalue weighted by molar-refractivity contribution is -0.258. The number of hydrogen-bond acceptors (Lipinski definition) is 5. The highest BCUT2D eigenvalue weighted by Gasteiger charge is 2.41. The second-order valence-electron chi connectivity index (χ2n) is 6.51. The Kier molecular flexibility index (Phi) is 7.15. The Bertz CT molecular complexity index is 699. The first-order chi connectivity index (χ1) is 13.2. The first-order valence-corrected chi connectivity index (χ1v) is 9.01. The summed E-state index contributed by atoms with van der Waals surface area (Å²) in [5.74, 6) is 0. The van der Waals surface area contributed by atoms with Gasteiger partial charge < -0.3 is 24.1 Å². The van der Waals surface area contributed by atoms with E-state index in [4.69, 9.17) is 18.9 Å². The summed E-state index contributed by atoms with van der Waals surface area (Å²) in [5, 5.41) is 10.7. The van der Waals surface area contributed by atoms with Crippen LogP contribution in [0.4, 0.5) is 0 Å². The quantitative estimate of drug-likeness (QED) is 0.724. The van der Waals surface area contributed by atoms with Gasteiger partial charge in [-0.25, -0.2) is 0 Å². The van der Waals surface area contributed by atoms with Crippen molar-refractivity contribution in [2.45, 2.75) is 37.8 Å². The molecule has 0 radical (unpaired) electrons. The summed E-state index contributed by atoms with van der Waals surface area (Å²) in [6.45, 7) is 5.10. The molecule has 0 bridgehead atoms. The van der Waals surface area contributed by atoms with Crippen LogP contribution < -0.4 is 0 Å². The molecule has 1 heterocycles. The van der Waals surface area contributed by atoms with Gasteiger partial charge in [0.1, 0.15) is 18.3 Å². The standard InChI is InChI=1S/C22H26O5/c1-16-19(15-25-13-17-9-5-3-6-10-17)27-22(24-2)21(20(16)23)26-14-18-11-7-4-8-12-18/h3-12,19-23H,1,13-15H2,2H3/t19-,20+,21-,22-/m1/s1. The van der Waals surface area contributed by atoms with Crippen molar-refractivity contribution < 1.29 is 24.1 Å². The molecule has 144 valence electrons. The lowest BCUT2D eigenvalue weighted by Gasteiger charge is -2.40. The molecule has 0 aromatic heterocycles. The maximum absolute atomic E-state index is 10.7. The molecule has 0 aliphatic carbocycles. The van der Waals surface area contributed by atoms with Gasteiger partial charge in [-0.3, -0.25) is 0 Å². The Labute approximate surface area is 160 Å².